The van der Waals surface area contributed by atoms with E-state index in [-0.39, 0.29) is 5.84 Å². The number of aryl methyl sites for hydroxylation is 2. The number of hydrogen-bond acceptors (Lipinski definition) is 4. The van der Waals surface area contributed by atoms with Crippen molar-refractivity contribution in [3.63, 3.8) is 0 Å². The molecule has 0 radical (unpaired) electrons. The second-order valence-corrected chi connectivity index (χ2v) is 5.75. The lowest BCUT2D eigenvalue weighted by Gasteiger charge is -2.21. The number of nitrogens with two attached hydrogens (primary N) is 1. The van der Waals surface area contributed by atoms with Gasteiger partial charge in [0.1, 0.15) is 5.82 Å². The summed E-state index contributed by atoms with van der Waals surface area (Å²) in [5, 5.41) is 16.5. The van der Waals surface area contributed by atoms with E-state index in [0.29, 0.717) is 0 Å². The van der Waals surface area contributed by atoms with Gasteiger partial charge in [0, 0.05) is 20.1 Å². The van der Waals surface area contributed by atoms with Gasteiger partial charge in [-0.1, -0.05) is 11.6 Å². The minimum atomic E-state index is 0.151. The van der Waals surface area contributed by atoms with Gasteiger partial charge < -0.3 is 15.8 Å². The average molecular weight is 263 g/mol. The van der Waals surface area contributed by atoms with Crippen LogP contribution in [0.2, 0.25) is 0 Å². The van der Waals surface area contributed by atoms with Gasteiger partial charge in [0.15, 0.2) is 5.84 Å². The van der Waals surface area contributed by atoms with Crippen LogP contribution in [-0.2, 0) is 7.05 Å². The highest BCUT2D eigenvalue weighted by molar-refractivity contribution is 6.02. The van der Waals surface area contributed by atoms with Crippen molar-refractivity contribution in [1.29, 1.82) is 0 Å². The quantitative estimate of drug-likeness (QED) is 0.362. The van der Waals surface area contributed by atoms with Crippen LogP contribution in [0.4, 0.5) is 5.82 Å². The van der Waals surface area contributed by atoms with Crippen LogP contribution in [0.5, 0.6) is 0 Å². The summed E-state index contributed by atoms with van der Waals surface area (Å²) in [6.07, 6.45) is 4.02. The Bertz CT molecular complexity index is 509. The maximum Gasteiger partial charge on any atom is 0.175 e. The van der Waals surface area contributed by atoms with Gasteiger partial charge in [0.05, 0.1) is 11.3 Å². The highest BCUT2D eigenvalue weighted by Crippen LogP contribution is 2.40. The second kappa shape index (κ2) is 4.43. The molecule has 2 fully saturated rings. The molecule has 0 amide bonds. The van der Waals surface area contributed by atoms with E-state index >= 15 is 0 Å². The van der Waals surface area contributed by atoms with Crippen molar-refractivity contribution in [2.24, 2.45) is 29.8 Å². The number of oxime groups is 1. The van der Waals surface area contributed by atoms with Gasteiger partial charge in [0.2, 0.25) is 0 Å². The van der Waals surface area contributed by atoms with Crippen LogP contribution in [0.25, 0.3) is 0 Å². The van der Waals surface area contributed by atoms with E-state index in [1.54, 1.807) is 0 Å². The maximum absolute atomic E-state index is 8.96. The first kappa shape index (κ1) is 12.3. The lowest BCUT2D eigenvalue weighted by molar-refractivity contribution is 0.318. The van der Waals surface area contributed by atoms with E-state index in [9.17, 15) is 0 Å². The summed E-state index contributed by atoms with van der Waals surface area (Å²) in [5.41, 5.74) is 7.39. The van der Waals surface area contributed by atoms with Gasteiger partial charge in [0.25, 0.3) is 0 Å². The smallest absolute Gasteiger partial charge is 0.175 e. The highest BCUT2D eigenvalue weighted by atomic mass is 16.4. The first-order valence-electron chi connectivity index (χ1n) is 6.88. The number of anilines is 1. The third-order valence-corrected chi connectivity index (χ3v) is 4.58. The molecule has 2 unspecified atom stereocenters. The molecule has 2 heterocycles. The van der Waals surface area contributed by atoms with E-state index in [1.807, 2.05) is 18.7 Å². The molecule has 1 aromatic heterocycles. The predicted octanol–water partition coefficient (Wildman–Crippen LogP) is 1.06. The normalized spacial score (nSPS) is 27.1. The minimum absolute atomic E-state index is 0.151. The number of aromatic nitrogens is 2. The molecule has 3 N–H and O–H groups in total. The molecule has 6 nitrogen and oxygen atoms in total. The van der Waals surface area contributed by atoms with Crippen molar-refractivity contribution in [3.05, 3.63) is 11.3 Å². The molecule has 104 valence electrons. The Labute approximate surface area is 112 Å². The third-order valence-electron chi connectivity index (χ3n) is 4.58. The first-order chi connectivity index (χ1) is 9.11. The van der Waals surface area contributed by atoms with E-state index in [0.717, 1.165) is 42.0 Å². The zero-order valence-corrected chi connectivity index (χ0v) is 11.5. The zero-order chi connectivity index (χ0) is 13.6. The Morgan fingerprint density at radius 3 is 2.58 bits per heavy atom. The topological polar surface area (TPSA) is 79.7 Å². The zero-order valence-electron chi connectivity index (χ0n) is 11.5. The first-order valence-corrected chi connectivity index (χ1v) is 6.88. The van der Waals surface area contributed by atoms with Crippen molar-refractivity contribution >= 4 is 11.7 Å². The number of rotatable bonds is 2. The summed E-state index contributed by atoms with van der Waals surface area (Å²) in [5.74, 6) is 2.74. The number of amidine groups is 1. The van der Waals surface area contributed by atoms with Gasteiger partial charge in [-0.05, 0) is 31.6 Å². The lowest BCUT2D eigenvalue weighted by atomic mass is 10.0. The summed E-state index contributed by atoms with van der Waals surface area (Å²) in [6.45, 7) is 4.03. The van der Waals surface area contributed by atoms with E-state index in [2.05, 4.69) is 15.2 Å². The number of fused-ring (bicyclic) bond motifs is 1. The van der Waals surface area contributed by atoms with Crippen molar-refractivity contribution in [3.8, 4) is 0 Å². The number of nitrogens with zero attached hydrogens (tertiary/aromatic N) is 4. The predicted molar refractivity (Wildman–Crippen MR) is 73.5 cm³/mol. The van der Waals surface area contributed by atoms with E-state index in [1.165, 1.54) is 19.3 Å². The molecule has 3 rings (SSSR count). The summed E-state index contributed by atoms with van der Waals surface area (Å²) >= 11 is 0. The Morgan fingerprint density at radius 2 is 2.00 bits per heavy atom. The molecule has 1 saturated carbocycles. The summed E-state index contributed by atoms with van der Waals surface area (Å²) < 4.78 is 1.85. The minimum Gasteiger partial charge on any atom is -0.409 e. The summed E-state index contributed by atoms with van der Waals surface area (Å²) in [4.78, 5) is 2.35. The van der Waals surface area contributed by atoms with Gasteiger partial charge in [-0.25, -0.2) is 0 Å². The highest BCUT2D eigenvalue weighted by Gasteiger charge is 2.38. The molecule has 0 aromatic carbocycles. The Morgan fingerprint density at radius 1 is 1.37 bits per heavy atom. The molecule has 1 saturated heterocycles. The largest absolute Gasteiger partial charge is 0.409 e. The molecule has 1 aliphatic heterocycles. The van der Waals surface area contributed by atoms with Gasteiger partial charge in [-0.15, -0.1) is 0 Å². The fourth-order valence-corrected chi connectivity index (χ4v) is 3.77. The molecule has 0 bridgehead atoms. The SMILES string of the molecule is Cc1nn(C)c(N2CC3CCCC3C2)c1C(N)=NO. The molecule has 6 heteroatoms. The molecule has 1 aliphatic carbocycles. The van der Waals surface area contributed by atoms with Crippen LogP contribution < -0.4 is 10.6 Å². The monoisotopic (exact) mass is 263 g/mol. The molecular formula is C13H21N5O. The molecule has 19 heavy (non-hydrogen) atoms. The van der Waals surface area contributed by atoms with Crippen LogP contribution in [0.3, 0.4) is 0 Å². The Kier molecular flexibility index (Phi) is 2.88. The van der Waals surface area contributed by atoms with Crippen LogP contribution in [0.1, 0.15) is 30.5 Å². The van der Waals surface area contributed by atoms with Crippen LogP contribution >= 0.6 is 0 Å². The van der Waals surface area contributed by atoms with E-state index < -0.39 is 0 Å². The average Bonchev–Trinajstić information content (AvgIpc) is 3.00. The van der Waals surface area contributed by atoms with Crippen LogP contribution in [0, 0.1) is 18.8 Å². The summed E-state index contributed by atoms with van der Waals surface area (Å²) in [6, 6.07) is 0. The van der Waals surface area contributed by atoms with Crippen LogP contribution in [-0.4, -0.2) is 33.9 Å². The second-order valence-electron chi connectivity index (χ2n) is 5.75. The Hall–Kier alpha value is -1.72. The van der Waals surface area contributed by atoms with Gasteiger partial charge in [-0.3, -0.25) is 4.68 Å². The van der Waals surface area contributed by atoms with E-state index in [4.69, 9.17) is 10.9 Å². The lowest BCUT2D eigenvalue weighted by Crippen LogP contribution is -2.27. The summed E-state index contributed by atoms with van der Waals surface area (Å²) in [7, 11) is 1.92. The van der Waals surface area contributed by atoms with Crippen LogP contribution in [0.15, 0.2) is 5.16 Å². The van der Waals surface area contributed by atoms with Gasteiger partial charge >= 0.3 is 0 Å². The standard InChI is InChI=1S/C13H21N5O/c1-8-11(12(14)16-19)13(17(2)15-8)18-6-9-4-3-5-10(9)7-18/h9-10,19H,3-7H2,1-2H3,(H2,14,16). The van der Waals surface area contributed by atoms with Gasteiger partial charge in [-0.2, -0.15) is 5.10 Å². The van der Waals surface area contributed by atoms with Crippen molar-refractivity contribution in [2.45, 2.75) is 26.2 Å². The number of hydrogen-bond donors (Lipinski definition) is 2. The van der Waals surface area contributed by atoms with Crippen molar-refractivity contribution < 1.29 is 5.21 Å². The molecule has 0 spiro atoms. The van der Waals surface area contributed by atoms with Crippen molar-refractivity contribution in [2.75, 3.05) is 18.0 Å². The molecule has 2 atom stereocenters. The van der Waals surface area contributed by atoms with Crippen molar-refractivity contribution in [1.82, 2.24) is 9.78 Å². The molecule has 1 aromatic rings. The molecular weight excluding hydrogens is 242 g/mol. The fourth-order valence-electron chi connectivity index (χ4n) is 3.77. The maximum atomic E-state index is 8.96. The Balaban J connectivity index is 1.97. The molecule has 2 aliphatic rings. The fraction of sp³-hybridized carbons (Fsp3) is 0.692. The third kappa shape index (κ3) is 1.86.